The fourth-order valence-electron chi connectivity index (χ4n) is 2.94. The average molecular weight is 365 g/mol. The third kappa shape index (κ3) is 2.84. The smallest absolute Gasteiger partial charge is 0.276 e. The summed E-state index contributed by atoms with van der Waals surface area (Å²) in [5, 5.41) is 15.0. The standard InChI is InChI=1S/C18H15N5O4/c1-27-15-8-6-13(7-9-15)21-10-11-22-16(19-20-17(22)18(21)24)12-2-4-14(5-3-12)23(25)26/h2-11,17,20H,1H3. The van der Waals surface area contributed by atoms with E-state index in [0.29, 0.717) is 22.8 Å². The number of hydrazone groups is 1. The first kappa shape index (κ1) is 16.6. The molecule has 1 atom stereocenters. The molecule has 0 aliphatic carbocycles. The summed E-state index contributed by atoms with van der Waals surface area (Å²) in [6.45, 7) is 0. The molecule has 0 saturated heterocycles. The number of carbonyl (C=O) groups is 1. The Balaban J connectivity index is 1.58. The Bertz CT molecular complexity index is 953. The van der Waals surface area contributed by atoms with Gasteiger partial charge in [0.05, 0.1) is 12.0 Å². The molecule has 0 radical (unpaired) electrons. The molecule has 2 aliphatic heterocycles. The molecule has 27 heavy (non-hydrogen) atoms. The van der Waals surface area contributed by atoms with Gasteiger partial charge < -0.3 is 4.74 Å². The summed E-state index contributed by atoms with van der Waals surface area (Å²) >= 11 is 0. The van der Waals surface area contributed by atoms with Crippen molar-refractivity contribution in [1.29, 1.82) is 0 Å². The van der Waals surface area contributed by atoms with Crippen molar-refractivity contribution in [2.75, 3.05) is 12.0 Å². The number of nitrogens with zero attached hydrogens (tertiary/aromatic N) is 4. The predicted molar refractivity (Wildman–Crippen MR) is 98.0 cm³/mol. The maximum atomic E-state index is 12.9. The van der Waals surface area contributed by atoms with Crippen LogP contribution in [0.1, 0.15) is 5.56 Å². The van der Waals surface area contributed by atoms with Gasteiger partial charge in [-0.2, -0.15) is 5.10 Å². The lowest BCUT2D eigenvalue weighted by molar-refractivity contribution is -0.384. The van der Waals surface area contributed by atoms with Crippen molar-refractivity contribution in [3.63, 3.8) is 0 Å². The van der Waals surface area contributed by atoms with Crippen molar-refractivity contribution in [3.8, 4) is 5.75 Å². The van der Waals surface area contributed by atoms with Crippen molar-refractivity contribution in [2.45, 2.75) is 6.17 Å². The highest BCUT2D eigenvalue weighted by atomic mass is 16.6. The lowest BCUT2D eigenvalue weighted by Crippen LogP contribution is -2.52. The second kappa shape index (κ2) is 6.45. The fourth-order valence-corrected chi connectivity index (χ4v) is 2.94. The maximum absolute atomic E-state index is 12.9. The van der Waals surface area contributed by atoms with Crippen LogP contribution in [-0.4, -0.2) is 34.8 Å². The van der Waals surface area contributed by atoms with E-state index in [1.54, 1.807) is 60.8 Å². The quantitative estimate of drug-likeness (QED) is 0.657. The Morgan fingerprint density at radius 3 is 2.44 bits per heavy atom. The number of amidine groups is 1. The van der Waals surface area contributed by atoms with E-state index >= 15 is 0 Å². The summed E-state index contributed by atoms with van der Waals surface area (Å²) in [5.41, 5.74) is 4.21. The predicted octanol–water partition coefficient (Wildman–Crippen LogP) is 2.01. The number of fused-ring (bicyclic) bond motifs is 1. The van der Waals surface area contributed by atoms with Crippen molar-refractivity contribution in [1.82, 2.24) is 10.3 Å². The van der Waals surface area contributed by atoms with Crippen molar-refractivity contribution in [3.05, 3.63) is 76.6 Å². The first-order chi connectivity index (χ1) is 13.1. The summed E-state index contributed by atoms with van der Waals surface area (Å²) < 4.78 is 5.14. The molecule has 136 valence electrons. The number of amides is 1. The average Bonchev–Trinajstić information content (AvgIpc) is 3.13. The first-order valence-corrected chi connectivity index (χ1v) is 8.10. The number of hydrogen-bond acceptors (Lipinski definition) is 7. The van der Waals surface area contributed by atoms with E-state index in [9.17, 15) is 14.9 Å². The molecule has 2 aromatic carbocycles. The highest BCUT2D eigenvalue weighted by Crippen LogP contribution is 2.26. The number of nitro groups is 1. The number of ether oxygens (including phenoxy) is 1. The second-order valence-corrected chi connectivity index (χ2v) is 5.88. The van der Waals surface area contributed by atoms with Crippen LogP contribution in [0.5, 0.6) is 5.75 Å². The molecule has 2 heterocycles. The maximum Gasteiger partial charge on any atom is 0.276 e. The fraction of sp³-hybridized carbons (Fsp3) is 0.111. The molecule has 4 rings (SSSR count). The van der Waals surface area contributed by atoms with Gasteiger partial charge in [0.2, 0.25) is 6.17 Å². The molecule has 1 unspecified atom stereocenters. The van der Waals surface area contributed by atoms with Gasteiger partial charge in [-0.15, -0.1) is 0 Å². The number of hydrogen-bond donors (Lipinski definition) is 1. The van der Waals surface area contributed by atoms with Gasteiger partial charge >= 0.3 is 0 Å². The molecule has 0 bridgehead atoms. The van der Waals surface area contributed by atoms with E-state index < -0.39 is 11.1 Å². The van der Waals surface area contributed by atoms with E-state index in [1.165, 1.54) is 17.0 Å². The lowest BCUT2D eigenvalue weighted by atomic mass is 10.1. The van der Waals surface area contributed by atoms with Crippen LogP contribution in [0.4, 0.5) is 11.4 Å². The van der Waals surface area contributed by atoms with Crippen LogP contribution in [0.3, 0.4) is 0 Å². The van der Waals surface area contributed by atoms with Crippen LogP contribution in [-0.2, 0) is 4.79 Å². The molecule has 9 nitrogen and oxygen atoms in total. The van der Waals surface area contributed by atoms with Crippen LogP contribution in [0.25, 0.3) is 0 Å². The van der Waals surface area contributed by atoms with Gasteiger partial charge in [0.1, 0.15) is 5.75 Å². The van der Waals surface area contributed by atoms with Crippen LogP contribution in [0, 0.1) is 10.1 Å². The zero-order valence-corrected chi connectivity index (χ0v) is 14.3. The Kier molecular flexibility index (Phi) is 3.96. The van der Waals surface area contributed by atoms with Gasteiger partial charge in [-0.05, 0) is 36.4 Å². The monoisotopic (exact) mass is 365 g/mol. The van der Waals surface area contributed by atoms with Crippen LogP contribution in [0.2, 0.25) is 0 Å². The van der Waals surface area contributed by atoms with E-state index in [-0.39, 0.29) is 11.6 Å². The summed E-state index contributed by atoms with van der Waals surface area (Å²) in [7, 11) is 1.58. The number of methoxy groups -OCH3 is 1. The molecule has 1 N–H and O–H groups in total. The summed E-state index contributed by atoms with van der Waals surface area (Å²) in [4.78, 5) is 26.4. The molecular formula is C18H15N5O4. The van der Waals surface area contributed by atoms with Gasteiger partial charge in [0, 0.05) is 35.8 Å². The molecule has 0 aromatic heterocycles. The summed E-state index contributed by atoms with van der Waals surface area (Å²) in [5.74, 6) is 1.04. The Morgan fingerprint density at radius 1 is 1.11 bits per heavy atom. The highest BCUT2D eigenvalue weighted by molar-refractivity contribution is 6.08. The number of non-ortho nitro benzene ring substituents is 1. The van der Waals surface area contributed by atoms with E-state index in [1.807, 2.05) is 0 Å². The Morgan fingerprint density at radius 2 is 1.81 bits per heavy atom. The Labute approximate surface area is 154 Å². The third-order valence-electron chi connectivity index (χ3n) is 4.35. The molecule has 2 aromatic rings. The van der Waals surface area contributed by atoms with Crippen LogP contribution < -0.4 is 15.1 Å². The van der Waals surface area contributed by atoms with Crippen LogP contribution in [0.15, 0.2) is 66.0 Å². The van der Waals surface area contributed by atoms with E-state index in [0.717, 1.165) is 0 Å². The summed E-state index contributed by atoms with van der Waals surface area (Å²) in [6.07, 6.45) is 2.73. The molecule has 0 spiro atoms. The van der Waals surface area contributed by atoms with Crippen molar-refractivity contribution >= 4 is 23.1 Å². The topological polar surface area (TPSA) is 100 Å². The molecule has 1 amide bonds. The van der Waals surface area contributed by atoms with E-state index in [4.69, 9.17) is 4.74 Å². The third-order valence-corrected chi connectivity index (χ3v) is 4.35. The highest BCUT2D eigenvalue weighted by Gasteiger charge is 2.38. The minimum Gasteiger partial charge on any atom is -0.497 e. The molecule has 2 aliphatic rings. The SMILES string of the molecule is COc1ccc(N2C=CN3C(c4ccc([N+](=O)[O-])cc4)=NNC3C2=O)cc1. The van der Waals surface area contributed by atoms with Crippen molar-refractivity contribution in [2.24, 2.45) is 5.10 Å². The molecule has 0 fully saturated rings. The number of nitro benzene ring substituents is 1. The van der Waals surface area contributed by atoms with Gasteiger partial charge in [-0.3, -0.25) is 30.1 Å². The zero-order valence-electron chi connectivity index (χ0n) is 14.3. The number of rotatable bonds is 4. The van der Waals surface area contributed by atoms with Crippen LogP contribution >= 0.6 is 0 Å². The minimum atomic E-state index is -0.678. The zero-order chi connectivity index (χ0) is 19.0. The summed E-state index contributed by atoms with van der Waals surface area (Å²) in [6, 6.07) is 13.2. The normalized spacial score (nSPS) is 18.0. The number of nitrogens with one attached hydrogen (secondary N) is 1. The molecule has 9 heteroatoms. The van der Waals surface area contributed by atoms with E-state index in [2.05, 4.69) is 10.5 Å². The second-order valence-electron chi connectivity index (χ2n) is 5.88. The number of benzene rings is 2. The van der Waals surface area contributed by atoms with Gasteiger partial charge in [-0.1, -0.05) is 0 Å². The number of carbonyl (C=O) groups excluding carboxylic acids is 1. The molecule has 0 saturated carbocycles. The molecular weight excluding hydrogens is 350 g/mol. The van der Waals surface area contributed by atoms with Gasteiger partial charge in [0.25, 0.3) is 11.6 Å². The first-order valence-electron chi connectivity index (χ1n) is 8.10. The Hall–Kier alpha value is -3.88. The van der Waals surface area contributed by atoms with Gasteiger partial charge in [0.15, 0.2) is 5.84 Å². The van der Waals surface area contributed by atoms with Gasteiger partial charge in [-0.25, -0.2) is 0 Å². The largest absolute Gasteiger partial charge is 0.497 e. The lowest BCUT2D eigenvalue weighted by Gasteiger charge is -2.32. The minimum absolute atomic E-state index is 0.00204. The van der Waals surface area contributed by atoms with Crippen molar-refractivity contribution < 1.29 is 14.5 Å². The number of anilines is 1.